The fourth-order valence-corrected chi connectivity index (χ4v) is 1.25. The molecule has 0 atom stereocenters. The third kappa shape index (κ3) is 1.45. The molecule has 0 amide bonds. The van der Waals surface area contributed by atoms with Gasteiger partial charge < -0.3 is 0 Å². The Morgan fingerprint density at radius 1 is 1.58 bits per heavy atom. The Balaban J connectivity index is 3.36. The smallest absolute Gasteiger partial charge is 0.258 e. The van der Waals surface area contributed by atoms with Gasteiger partial charge in [-0.1, -0.05) is 0 Å². The molecule has 1 aromatic carbocycles. The van der Waals surface area contributed by atoms with Crippen LogP contribution in [0.15, 0.2) is 16.6 Å². The van der Waals surface area contributed by atoms with Gasteiger partial charge in [0.15, 0.2) is 0 Å². The van der Waals surface area contributed by atoms with Crippen LogP contribution in [0.25, 0.3) is 0 Å². The SMILES string of the molecule is Cc1c(F)ccc([N+](=O)[O-])c1Br. The molecule has 3 nitrogen and oxygen atoms in total. The molecule has 0 saturated heterocycles. The van der Waals surface area contributed by atoms with Crippen molar-refractivity contribution in [2.75, 3.05) is 0 Å². The van der Waals surface area contributed by atoms with Gasteiger partial charge in [0.1, 0.15) is 10.3 Å². The van der Waals surface area contributed by atoms with E-state index in [1.165, 1.54) is 6.92 Å². The number of nitro groups is 1. The Bertz CT molecular complexity index is 340. The molecule has 0 saturated carbocycles. The van der Waals surface area contributed by atoms with Crippen molar-refractivity contribution in [3.63, 3.8) is 0 Å². The van der Waals surface area contributed by atoms with Gasteiger partial charge in [-0.2, -0.15) is 0 Å². The Morgan fingerprint density at radius 2 is 2.17 bits per heavy atom. The van der Waals surface area contributed by atoms with Crippen molar-refractivity contribution in [2.24, 2.45) is 0 Å². The topological polar surface area (TPSA) is 43.1 Å². The molecule has 0 radical (unpaired) electrons. The van der Waals surface area contributed by atoms with Gasteiger partial charge in [-0.25, -0.2) is 4.39 Å². The molecule has 0 aliphatic carbocycles. The zero-order valence-electron chi connectivity index (χ0n) is 6.17. The molecular formula is C7H5BrFNO2. The minimum Gasteiger partial charge on any atom is -0.258 e. The van der Waals surface area contributed by atoms with Gasteiger partial charge in [0.25, 0.3) is 5.69 Å². The lowest BCUT2D eigenvalue weighted by atomic mass is 10.2. The summed E-state index contributed by atoms with van der Waals surface area (Å²) in [6.07, 6.45) is 0. The van der Waals surface area contributed by atoms with E-state index in [2.05, 4.69) is 15.9 Å². The van der Waals surface area contributed by atoms with Crippen LogP contribution in [0.5, 0.6) is 0 Å². The van der Waals surface area contributed by atoms with Crippen LogP contribution in [0.3, 0.4) is 0 Å². The fraction of sp³-hybridized carbons (Fsp3) is 0.143. The minimum atomic E-state index is -0.559. The maximum absolute atomic E-state index is 12.8. The van der Waals surface area contributed by atoms with E-state index in [1.54, 1.807) is 0 Å². The summed E-state index contributed by atoms with van der Waals surface area (Å²) < 4.78 is 13.0. The van der Waals surface area contributed by atoms with Crippen LogP contribution in [0.4, 0.5) is 10.1 Å². The van der Waals surface area contributed by atoms with Gasteiger partial charge in [0, 0.05) is 11.6 Å². The minimum absolute atomic E-state index is 0.117. The first kappa shape index (κ1) is 9.12. The maximum atomic E-state index is 12.8. The third-order valence-electron chi connectivity index (χ3n) is 1.50. The van der Waals surface area contributed by atoms with Crippen molar-refractivity contribution in [1.82, 2.24) is 0 Å². The van der Waals surface area contributed by atoms with Crippen LogP contribution >= 0.6 is 15.9 Å². The number of rotatable bonds is 1. The zero-order valence-corrected chi connectivity index (χ0v) is 7.76. The summed E-state index contributed by atoms with van der Waals surface area (Å²) in [7, 11) is 0. The maximum Gasteiger partial charge on any atom is 0.283 e. The highest BCUT2D eigenvalue weighted by atomic mass is 79.9. The van der Waals surface area contributed by atoms with E-state index < -0.39 is 10.7 Å². The normalized spacial score (nSPS) is 9.92. The average molecular weight is 234 g/mol. The van der Waals surface area contributed by atoms with Gasteiger partial charge in [-0.05, 0) is 28.9 Å². The summed E-state index contributed by atoms with van der Waals surface area (Å²) in [6, 6.07) is 2.21. The van der Waals surface area contributed by atoms with Crippen LogP contribution in [0, 0.1) is 22.9 Å². The van der Waals surface area contributed by atoms with E-state index in [9.17, 15) is 14.5 Å². The molecule has 5 heteroatoms. The van der Waals surface area contributed by atoms with E-state index in [4.69, 9.17) is 0 Å². The Hall–Kier alpha value is -0.970. The molecule has 0 spiro atoms. The summed E-state index contributed by atoms with van der Waals surface area (Å²) in [5.41, 5.74) is 0.137. The second-order valence-electron chi connectivity index (χ2n) is 2.26. The van der Waals surface area contributed by atoms with Crippen LogP contribution in [-0.4, -0.2) is 4.92 Å². The van der Waals surface area contributed by atoms with Crippen LogP contribution in [-0.2, 0) is 0 Å². The summed E-state index contributed by atoms with van der Waals surface area (Å²) in [4.78, 5) is 9.78. The number of benzene rings is 1. The van der Waals surface area contributed by atoms with Crippen molar-refractivity contribution in [1.29, 1.82) is 0 Å². The van der Waals surface area contributed by atoms with Crippen molar-refractivity contribution in [3.8, 4) is 0 Å². The average Bonchev–Trinajstić information content (AvgIpc) is 2.00. The van der Waals surface area contributed by atoms with Crippen molar-refractivity contribution in [3.05, 3.63) is 38.1 Å². The summed E-state index contributed by atoms with van der Waals surface area (Å²) in [5.74, 6) is -0.451. The lowest BCUT2D eigenvalue weighted by molar-refractivity contribution is -0.385. The molecule has 64 valence electrons. The monoisotopic (exact) mass is 233 g/mol. The summed E-state index contributed by atoms with van der Waals surface area (Å²) in [5, 5.41) is 10.3. The molecule has 0 aromatic heterocycles. The zero-order chi connectivity index (χ0) is 9.30. The predicted molar refractivity (Wildman–Crippen MR) is 45.5 cm³/mol. The van der Waals surface area contributed by atoms with E-state index in [1.807, 2.05) is 0 Å². The lowest BCUT2D eigenvalue weighted by Crippen LogP contribution is -1.93. The lowest BCUT2D eigenvalue weighted by Gasteiger charge is -1.99. The van der Waals surface area contributed by atoms with Gasteiger partial charge in [-0.3, -0.25) is 10.1 Å². The standard InChI is InChI=1S/C7H5BrFNO2/c1-4-5(9)2-3-6(7(4)8)10(11)12/h2-3H,1H3. The molecule has 0 aliphatic heterocycles. The molecule has 0 fully saturated rings. The van der Waals surface area contributed by atoms with Crippen LogP contribution in [0.1, 0.15) is 5.56 Å². The molecule has 0 unspecified atom stereocenters. The first-order valence-electron chi connectivity index (χ1n) is 3.13. The Morgan fingerprint density at radius 3 is 2.67 bits per heavy atom. The molecule has 0 bridgehead atoms. The number of hydrogen-bond acceptors (Lipinski definition) is 2. The van der Waals surface area contributed by atoms with Crippen molar-refractivity contribution >= 4 is 21.6 Å². The van der Waals surface area contributed by atoms with Crippen molar-refractivity contribution in [2.45, 2.75) is 6.92 Å². The van der Waals surface area contributed by atoms with Crippen molar-refractivity contribution < 1.29 is 9.31 Å². The molecule has 12 heavy (non-hydrogen) atoms. The highest BCUT2D eigenvalue weighted by molar-refractivity contribution is 9.10. The Labute approximate surface area is 76.5 Å². The van der Waals surface area contributed by atoms with E-state index in [-0.39, 0.29) is 15.7 Å². The summed E-state index contributed by atoms with van der Waals surface area (Å²) in [6.45, 7) is 1.48. The van der Waals surface area contributed by atoms with E-state index in [0.29, 0.717) is 0 Å². The van der Waals surface area contributed by atoms with E-state index in [0.717, 1.165) is 12.1 Å². The number of nitrogens with zero attached hydrogens (tertiary/aromatic N) is 1. The highest BCUT2D eigenvalue weighted by Crippen LogP contribution is 2.29. The van der Waals surface area contributed by atoms with Crippen LogP contribution < -0.4 is 0 Å². The first-order chi connectivity index (χ1) is 5.54. The molecule has 1 aromatic rings. The molecule has 1 rings (SSSR count). The predicted octanol–water partition coefficient (Wildman–Crippen LogP) is 2.80. The van der Waals surface area contributed by atoms with Crippen LogP contribution in [0.2, 0.25) is 0 Å². The molecular weight excluding hydrogens is 229 g/mol. The second kappa shape index (κ2) is 3.18. The second-order valence-corrected chi connectivity index (χ2v) is 3.06. The molecule has 0 aliphatic rings. The largest absolute Gasteiger partial charge is 0.283 e. The highest BCUT2D eigenvalue weighted by Gasteiger charge is 2.15. The Kier molecular flexibility index (Phi) is 2.42. The summed E-state index contributed by atoms with van der Waals surface area (Å²) >= 11 is 2.95. The van der Waals surface area contributed by atoms with Gasteiger partial charge >= 0.3 is 0 Å². The first-order valence-corrected chi connectivity index (χ1v) is 3.92. The number of hydrogen-bond donors (Lipinski definition) is 0. The molecule has 0 heterocycles. The quantitative estimate of drug-likeness (QED) is 0.553. The van der Waals surface area contributed by atoms with Gasteiger partial charge in [0.2, 0.25) is 0 Å². The number of halogens is 2. The third-order valence-corrected chi connectivity index (χ3v) is 2.50. The van der Waals surface area contributed by atoms with Gasteiger partial charge in [0.05, 0.1) is 4.92 Å². The number of nitro benzene ring substituents is 1. The van der Waals surface area contributed by atoms with E-state index >= 15 is 0 Å². The molecule has 0 N–H and O–H groups in total. The fourth-order valence-electron chi connectivity index (χ4n) is 0.788. The van der Waals surface area contributed by atoms with Gasteiger partial charge in [-0.15, -0.1) is 0 Å².